The van der Waals surface area contributed by atoms with Gasteiger partial charge in [0, 0.05) is 18.3 Å². The van der Waals surface area contributed by atoms with Gasteiger partial charge in [0.25, 0.3) is 5.91 Å². The van der Waals surface area contributed by atoms with Crippen LogP contribution >= 0.6 is 27.3 Å². The lowest BCUT2D eigenvalue weighted by Gasteiger charge is -2.22. The number of nitrogens with zero attached hydrogens (tertiary/aromatic N) is 1. The summed E-state index contributed by atoms with van der Waals surface area (Å²) in [4.78, 5) is 15.5. The maximum absolute atomic E-state index is 12.8. The van der Waals surface area contributed by atoms with Crippen LogP contribution in [0.1, 0.15) is 33.6 Å². The van der Waals surface area contributed by atoms with Gasteiger partial charge in [-0.2, -0.15) is 0 Å². The van der Waals surface area contributed by atoms with Crippen molar-refractivity contribution in [3.05, 3.63) is 50.1 Å². The Labute approximate surface area is 136 Å². The Morgan fingerprint density at radius 1 is 1.43 bits per heavy atom. The van der Waals surface area contributed by atoms with Gasteiger partial charge >= 0.3 is 0 Å². The maximum Gasteiger partial charge on any atom is 0.264 e. The molecule has 1 aliphatic rings. The highest BCUT2D eigenvalue weighted by atomic mass is 79.9. The van der Waals surface area contributed by atoms with E-state index in [1.54, 1.807) is 0 Å². The third kappa shape index (κ3) is 3.30. The number of carbonyl (C=O) groups is 1. The van der Waals surface area contributed by atoms with E-state index >= 15 is 0 Å². The zero-order valence-electron chi connectivity index (χ0n) is 11.8. The molecule has 1 heterocycles. The first-order valence-electron chi connectivity index (χ1n) is 6.96. The number of hydrogen-bond acceptors (Lipinski definition) is 3. The molecule has 0 aliphatic heterocycles. The van der Waals surface area contributed by atoms with Crippen LogP contribution in [0.5, 0.6) is 0 Å². The average Bonchev–Trinajstić information content (AvgIpc) is 3.22. The van der Waals surface area contributed by atoms with Crippen LogP contribution in [0.15, 0.2) is 34.1 Å². The molecule has 1 fully saturated rings. The molecular weight excluding hydrogens is 348 g/mol. The monoisotopic (exact) mass is 364 g/mol. The van der Waals surface area contributed by atoms with E-state index in [2.05, 4.69) is 15.9 Å². The molecule has 2 aromatic rings. The van der Waals surface area contributed by atoms with Crippen molar-refractivity contribution >= 4 is 38.9 Å². The molecule has 5 heteroatoms. The summed E-state index contributed by atoms with van der Waals surface area (Å²) in [5, 5.41) is 0. The van der Waals surface area contributed by atoms with Crippen LogP contribution in [-0.4, -0.2) is 16.8 Å². The van der Waals surface area contributed by atoms with Crippen molar-refractivity contribution in [2.45, 2.75) is 32.4 Å². The second-order valence-electron chi connectivity index (χ2n) is 5.48. The lowest BCUT2D eigenvalue weighted by atomic mass is 10.2. The number of rotatable bonds is 4. The molecule has 1 saturated carbocycles. The fourth-order valence-electron chi connectivity index (χ4n) is 2.35. The summed E-state index contributed by atoms with van der Waals surface area (Å²) in [6.45, 7) is 2.64. The molecule has 2 N–H and O–H groups in total. The predicted octanol–water partition coefficient (Wildman–Crippen LogP) is 4.21. The number of benzene rings is 1. The van der Waals surface area contributed by atoms with Crippen LogP contribution in [0.4, 0.5) is 5.69 Å². The summed E-state index contributed by atoms with van der Waals surface area (Å²) in [6.07, 6.45) is 2.19. The largest absolute Gasteiger partial charge is 0.399 e. The summed E-state index contributed by atoms with van der Waals surface area (Å²) < 4.78 is 1.03. The smallest absolute Gasteiger partial charge is 0.264 e. The number of carbonyl (C=O) groups excluding carboxylic acids is 1. The van der Waals surface area contributed by atoms with Gasteiger partial charge in [-0.05, 0) is 65.0 Å². The van der Waals surface area contributed by atoms with Crippen molar-refractivity contribution in [2.75, 3.05) is 5.73 Å². The molecular formula is C16H17BrN2OS. The van der Waals surface area contributed by atoms with Gasteiger partial charge in [0.2, 0.25) is 0 Å². The number of thiophene rings is 1. The third-order valence-electron chi connectivity index (χ3n) is 3.62. The van der Waals surface area contributed by atoms with Crippen LogP contribution in [0.3, 0.4) is 0 Å². The van der Waals surface area contributed by atoms with Gasteiger partial charge < -0.3 is 10.6 Å². The van der Waals surface area contributed by atoms with Crippen LogP contribution in [0.2, 0.25) is 0 Å². The minimum atomic E-state index is 0.124. The Balaban J connectivity index is 1.83. The van der Waals surface area contributed by atoms with E-state index < -0.39 is 0 Å². The molecule has 1 aliphatic carbocycles. The zero-order valence-corrected chi connectivity index (χ0v) is 14.2. The molecule has 0 unspecified atom stereocenters. The van der Waals surface area contributed by atoms with Crippen molar-refractivity contribution in [1.29, 1.82) is 0 Å². The molecule has 1 aromatic heterocycles. The molecule has 21 heavy (non-hydrogen) atoms. The first-order chi connectivity index (χ1) is 10.0. The average molecular weight is 365 g/mol. The number of nitrogen functional groups attached to an aromatic ring is 1. The summed E-state index contributed by atoms with van der Waals surface area (Å²) >= 11 is 5.00. The highest BCUT2D eigenvalue weighted by Gasteiger charge is 2.33. The lowest BCUT2D eigenvalue weighted by molar-refractivity contribution is 0.0735. The summed E-state index contributed by atoms with van der Waals surface area (Å²) in [5.41, 5.74) is 8.77. The standard InChI is InChI=1S/C16H17BrN2OS/c1-10-7-14(21-15(10)17)16(20)19(13-5-6-13)9-11-3-2-4-12(18)8-11/h2-4,7-8,13H,5-6,9,18H2,1H3. The van der Waals surface area contributed by atoms with Gasteiger partial charge in [0.15, 0.2) is 0 Å². The van der Waals surface area contributed by atoms with Crippen LogP contribution < -0.4 is 5.73 Å². The quantitative estimate of drug-likeness (QED) is 0.826. The molecule has 0 saturated heterocycles. The van der Waals surface area contributed by atoms with E-state index in [1.165, 1.54) is 11.3 Å². The Bertz CT molecular complexity index is 659. The second-order valence-corrected chi connectivity index (χ2v) is 7.85. The fourth-order valence-corrected chi connectivity index (χ4v) is 3.84. The molecule has 110 valence electrons. The zero-order chi connectivity index (χ0) is 15.0. The fraction of sp³-hybridized carbons (Fsp3) is 0.312. The van der Waals surface area contributed by atoms with E-state index in [-0.39, 0.29) is 5.91 Å². The molecule has 0 atom stereocenters. The van der Waals surface area contributed by atoms with Crippen molar-refractivity contribution in [2.24, 2.45) is 0 Å². The normalized spacial score (nSPS) is 14.2. The number of anilines is 1. The summed E-state index contributed by atoms with van der Waals surface area (Å²) in [7, 11) is 0. The van der Waals surface area contributed by atoms with Gasteiger partial charge in [-0.25, -0.2) is 0 Å². The minimum Gasteiger partial charge on any atom is -0.399 e. The molecule has 3 nitrogen and oxygen atoms in total. The van der Waals surface area contributed by atoms with Crippen molar-refractivity contribution in [1.82, 2.24) is 4.90 Å². The van der Waals surface area contributed by atoms with Crippen LogP contribution in [-0.2, 0) is 6.54 Å². The summed E-state index contributed by atoms with van der Waals surface area (Å²) in [6, 6.07) is 10.1. The molecule has 1 amide bonds. The highest BCUT2D eigenvalue weighted by Crippen LogP contribution is 2.33. The Hall–Kier alpha value is -1.33. The number of aryl methyl sites for hydroxylation is 1. The SMILES string of the molecule is Cc1cc(C(=O)N(Cc2cccc(N)c2)C2CC2)sc1Br. The number of amides is 1. The first-order valence-corrected chi connectivity index (χ1v) is 8.57. The van der Waals surface area contributed by atoms with Gasteiger partial charge in [-0.1, -0.05) is 12.1 Å². The van der Waals surface area contributed by atoms with Gasteiger partial charge in [0.05, 0.1) is 8.66 Å². The second kappa shape index (κ2) is 5.81. The van der Waals surface area contributed by atoms with E-state index in [1.807, 2.05) is 42.2 Å². The summed E-state index contributed by atoms with van der Waals surface area (Å²) in [5.74, 6) is 0.124. The third-order valence-corrected chi connectivity index (χ3v) is 5.75. The molecule has 0 radical (unpaired) electrons. The van der Waals surface area contributed by atoms with Crippen LogP contribution in [0.25, 0.3) is 0 Å². The lowest BCUT2D eigenvalue weighted by Crippen LogP contribution is -2.32. The molecule has 0 bridgehead atoms. The van der Waals surface area contributed by atoms with Gasteiger partial charge in [-0.3, -0.25) is 4.79 Å². The number of nitrogens with two attached hydrogens (primary N) is 1. The van der Waals surface area contributed by atoms with Crippen molar-refractivity contribution < 1.29 is 4.79 Å². The number of hydrogen-bond donors (Lipinski definition) is 1. The van der Waals surface area contributed by atoms with E-state index in [4.69, 9.17) is 5.73 Å². The van der Waals surface area contributed by atoms with Gasteiger partial charge in [-0.15, -0.1) is 11.3 Å². The topological polar surface area (TPSA) is 46.3 Å². The van der Waals surface area contributed by atoms with E-state index in [0.29, 0.717) is 12.6 Å². The Morgan fingerprint density at radius 2 is 2.19 bits per heavy atom. The Kier molecular flexibility index (Phi) is 4.04. The van der Waals surface area contributed by atoms with E-state index in [0.717, 1.165) is 38.3 Å². The van der Waals surface area contributed by atoms with Gasteiger partial charge in [0.1, 0.15) is 0 Å². The molecule has 3 rings (SSSR count). The molecule has 1 aromatic carbocycles. The maximum atomic E-state index is 12.8. The highest BCUT2D eigenvalue weighted by molar-refractivity contribution is 9.11. The number of halogens is 1. The molecule has 0 spiro atoms. The predicted molar refractivity (Wildman–Crippen MR) is 90.5 cm³/mol. The van der Waals surface area contributed by atoms with Crippen LogP contribution in [0, 0.1) is 6.92 Å². The van der Waals surface area contributed by atoms with Crippen molar-refractivity contribution in [3.8, 4) is 0 Å². The van der Waals surface area contributed by atoms with Crippen molar-refractivity contribution in [3.63, 3.8) is 0 Å². The Morgan fingerprint density at radius 3 is 2.76 bits per heavy atom. The minimum absolute atomic E-state index is 0.124. The van der Waals surface area contributed by atoms with E-state index in [9.17, 15) is 4.79 Å². The first kappa shape index (κ1) is 14.6.